The lowest BCUT2D eigenvalue weighted by Crippen LogP contribution is -2.40. The van der Waals surface area contributed by atoms with Crippen LogP contribution in [0.5, 0.6) is 11.5 Å². The van der Waals surface area contributed by atoms with Gasteiger partial charge in [-0.15, -0.1) is 24.0 Å². The van der Waals surface area contributed by atoms with Crippen LogP contribution < -0.4 is 14.8 Å². The van der Waals surface area contributed by atoms with Gasteiger partial charge in [-0.3, -0.25) is 4.99 Å². The topological polar surface area (TPSA) is 55.3 Å². The minimum atomic E-state index is 0. The van der Waals surface area contributed by atoms with Gasteiger partial charge < -0.3 is 24.4 Å². The molecule has 7 heteroatoms. The van der Waals surface area contributed by atoms with E-state index >= 15 is 0 Å². The molecule has 2 rings (SSSR count). The fourth-order valence-corrected chi connectivity index (χ4v) is 3.49. The lowest BCUT2D eigenvalue weighted by Gasteiger charge is -2.26. The molecule has 1 aliphatic rings. The van der Waals surface area contributed by atoms with E-state index in [1.807, 2.05) is 12.1 Å². The fourth-order valence-electron chi connectivity index (χ4n) is 3.49. The number of guanidine groups is 1. The van der Waals surface area contributed by atoms with Crippen LogP contribution in [-0.4, -0.2) is 65.0 Å². The van der Waals surface area contributed by atoms with E-state index in [0.717, 1.165) is 69.1 Å². The maximum atomic E-state index is 5.46. The van der Waals surface area contributed by atoms with Gasteiger partial charge in [0.05, 0.1) is 14.2 Å². The summed E-state index contributed by atoms with van der Waals surface area (Å²) in [6.45, 7) is 6.67. The summed E-state index contributed by atoms with van der Waals surface area (Å²) >= 11 is 0. The van der Waals surface area contributed by atoms with Crippen molar-refractivity contribution in [1.29, 1.82) is 0 Å². The van der Waals surface area contributed by atoms with Gasteiger partial charge in [-0.1, -0.05) is 6.07 Å². The molecular weight excluding hydrogens is 481 g/mol. The van der Waals surface area contributed by atoms with E-state index in [1.165, 1.54) is 24.8 Å². The summed E-state index contributed by atoms with van der Waals surface area (Å²) in [7, 11) is 5.47. The summed E-state index contributed by atoms with van der Waals surface area (Å²) in [4.78, 5) is 7.08. The van der Waals surface area contributed by atoms with Gasteiger partial charge in [0, 0.05) is 39.9 Å². The van der Waals surface area contributed by atoms with Crippen LogP contribution in [0.2, 0.25) is 0 Å². The quantitative estimate of drug-likeness (QED) is 0.220. The largest absolute Gasteiger partial charge is 0.493 e. The predicted octanol–water partition coefficient (Wildman–Crippen LogP) is 3.97. The molecule has 1 heterocycles. The summed E-state index contributed by atoms with van der Waals surface area (Å²) < 4.78 is 16.1. The zero-order chi connectivity index (χ0) is 20.2. The molecular formula is C22H38IN3O3. The number of hydrogen-bond donors (Lipinski definition) is 1. The van der Waals surface area contributed by atoms with Crippen molar-refractivity contribution in [3.8, 4) is 11.5 Å². The summed E-state index contributed by atoms with van der Waals surface area (Å²) in [5, 5.41) is 3.42. The fraction of sp³-hybridized carbons (Fsp3) is 0.682. The first kappa shape index (κ1) is 25.8. The van der Waals surface area contributed by atoms with Gasteiger partial charge in [0.1, 0.15) is 0 Å². The number of nitrogens with one attached hydrogen (secondary N) is 1. The van der Waals surface area contributed by atoms with Crippen molar-refractivity contribution >= 4 is 29.9 Å². The third kappa shape index (κ3) is 8.99. The molecule has 0 aliphatic carbocycles. The second-order valence-electron chi connectivity index (χ2n) is 7.29. The van der Waals surface area contributed by atoms with Gasteiger partial charge in [-0.2, -0.15) is 0 Å². The number of benzene rings is 1. The molecule has 6 nitrogen and oxygen atoms in total. The van der Waals surface area contributed by atoms with Crippen LogP contribution in [0.3, 0.4) is 0 Å². The third-order valence-corrected chi connectivity index (χ3v) is 5.24. The Kier molecular flexibility index (Phi) is 13.1. The average Bonchev–Trinajstić information content (AvgIpc) is 2.74. The van der Waals surface area contributed by atoms with Gasteiger partial charge in [0.2, 0.25) is 0 Å². The summed E-state index contributed by atoms with van der Waals surface area (Å²) in [6, 6.07) is 6.11. The molecule has 1 saturated heterocycles. The highest BCUT2D eigenvalue weighted by atomic mass is 127. The Balaban J connectivity index is 0.00000420. The van der Waals surface area contributed by atoms with E-state index in [-0.39, 0.29) is 24.0 Å². The first-order valence-electron chi connectivity index (χ1n) is 10.5. The second-order valence-corrected chi connectivity index (χ2v) is 7.29. The van der Waals surface area contributed by atoms with Crippen molar-refractivity contribution in [2.24, 2.45) is 10.9 Å². The Bertz CT molecular complexity index is 607. The summed E-state index contributed by atoms with van der Waals surface area (Å²) in [6.07, 6.45) is 5.54. The van der Waals surface area contributed by atoms with Crippen LogP contribution in [0, 0.1) is 5.92 Å². The first-order valence-corrected chi connectivity index (χ1v) is 10.5. The highest BCUT2D eigenvalue weighted by Gasteiger charge is 2.15. The highest BCUT2D eigenvalue weighted by molar-refractivity contribution is 14.0. The van der Waals surface area contributed by atoms with Crippen molar-refractivity contribution in [3.63, 3.8) is 0 Å². The Labute approximate surface area is 193 Å². The van der Waals surface area contributed by atoms with E-state index in [2.05, 4.69) is 30.3 Å². The Hall–Kier alpha value is -1.22. The zero-order valence-corrected chi connectivity index (χ0v) is 20.7. The van der Waals surface area contributed by atoms with E-state index < -0.39 is 0 Å². The van der Waals surface area contributed by atoms with E-state index in [1.54, 1.807) is 14.2 Å². The Morgan fingerprint density at radius 2 is 1.93 bits per heavy atom. The molecule has 0 saturated carbocycles. The molecule has 1 fully saturated rings. The number of methoxy groups -OCH3 is 2. The van der Waals surface area contributed by atoms with Crippen molar-refractivity contribution in [2.45, 2.75) is 39.0 Å². The molecule has 29 heavy (non-hydrogen) atoms. The maximum Gasteiger partial charge on any atom is 0.193 e. The van der Waals surface area contributed by atoms with Crippen LogP contribution >= 0.6 is 24.0 Å². The lowest BCUT2D eigenvalue weighted by molar-refractivity contribution is 0.0625. The van der Waals surface area contributed by atoms with E-state index in [4.69, 9.17) is 19.2 Å². The minimum Gasteiger partial charge on any atom is -0.493 e. The monoisotopic (exact) mass is 519 g/mol. The van der Waals surface area contributed by atoms with Gasteiger partial charge in [-0.05, 0) is 62.6 Å². The maximum absolute atomic E-state index is 5.46. The molecule has 1 N–H and O–H groups in total. The predicted molar refractivity (Wildman–Crippen MR) is 130 cm³/mol. The van der Waals surface area contributed by atoms with Gasteiger partial charge >= 0.3 is 0 Å². The van der Waals surface area contributed by atoms with Crippen molar-refractivity contribution in [3.05, 3.63) is 23.8 Å². The highest BCUT2D eigenvalue weighted by Crippen LogP contribution is 2.28. The molecule has 0 amide bonds. The lowest BCUT2D eigenvalue weighted by atomic mass is 9.96. The molecule has 0 bridgehead atoms. The van der Waals surface area contributed by atoms with Gasteiger partial charge in [-0.25, -0.2) is 0 Å². The van der Waals surface area contributed by atoms with Crippen LogP contribution in [0.15, 0.2) is 23.2 Å². The number of ether oxygens (including phenoxy) is 3. The standard InChI is InChI=1S/C22H37N3O3.HI/c1-5-23-22(25(2)14-10-18-11-15-28-16-12-18)24-13-6-7-19-8-9-20(26-3)21(17-19)27-4;/h8-9,17-18H,5-7,10-16H2,1-4H3,(H,23,24);1H. The van der Waals surface area contributed by atoms with Crippen molar-refractivity contribution < 1.29 is 14.2 Å². The molecule has 0 aromatic heterocycles. The van der Waals surface area contributed by atoms with Crippen LogP contribution in [0.4, 0.5) is 0 Å². The van der Waals surface area contributed by atoms with Crippen LogP contribution in [0.1, 0.15) is 38.2 Å². The first-order chi connectivity index (χ1) is 13.7. The number of nitrogens with zero attached hydrogens (tertiary/aromatic N) is 2. The molecule has 166 valence electrons. The van der Waals surface area contributed by atoms with E-state index in [9.17, 15) is 0 Å². The van der Waals surface area contributed by atoms with Gasteiger partial charge in [0.25, 0.3) is 0 Å². The molecule has 1 aromatic rings. The Morgan fingerprint density at radius 3 is 2.59 bits per heavy atom. The van der Waals surface area contributed by atoms with Crippen LogP contribution in [-0.2, 0) is 11.2 Å². The SMILES string of the molecule is CCNC(=NCCCc1ccc(OC)c(OC)c1)N(C)CCC1CCOCC1.I. The molecule has 0 unspecified atom stereocenters. The normalized spacial score (nSPS) is 14.8. The smallest absolute Gasteiger partial charge is 0.193 e. The second kappa shape index (κ2) is 14.7. The zero-order valence-electron chi connectivity index (χ0n) is 18.4. The summed E-state index contributed by atoms with van der Waals surface area (Å²) in [5.74, 6) is 3.33. The van der Waals surface area contributed by atoms with Crippen molar-refractivity contribution in [1.82, 2.24) is 10.2 Å². The molecule has 0 spiro atoms. The average molecular weight is 519 g/mol. The van der Waals surface area contributed by atoms with Crippen LogP contribution in [0.25, 0.3) is 0 Å². The number of aliphatic imine (C=N–C) groups is 1. The molecule has 0 radical (unpaired) electrons. The number of hydrogen-bond acceptors (Lipinski definition) is 4. The van der Waals surface area contributed by atoms with Crippen molar-refractivity contribution in [2.75, 3.05) is 54.1 Å². The summed E-state index contributed by atoms with van der Waals surface area (Å²) in [5.41, 5.74) is 1.24. The molecule has 0 atom stereocenters. The molecule has 1 aromatic carbocycles. The minimum absolute atomic E-state index is 0. The van der Waals surface area contributed by atoms with E-state index in [0.29, 0.717) is 0 Å². The number of rotatable bonds is 10. The third-order valence-electron chi connectivity index (χ3n) is 5.24. The molecule has 1 aliphatic heterocycles. The number of halogens is 1. The Morgan fingerprint density at radius 1 is 1.21 bits per heavy atom. The van der Waals surface area contributed by atoms with Gasteiger partial charge in [0.15, 0.2) is 17.5 Å². The number of aryl methyl sites for hydroxylation is 1.